The van der Waals surface area contributed by atoms with Crippen LogP contribution in [0.2, 0.25) is 0 Å². The number of hydrogen-bond acceptors (Lipinski definition) is 4. The topological polar surface area (TPSA) is 83.2 Å². The predicted octanol–water partition coefficient (Wildman–Crippen LogP) is 4.48. The molecular weight excluding hydrogens is 319 g/mol. The van der Waals surface area contributed by atoms with Gasteiger partial charge in [-0.3, -0.25) is 0 Å². The van der Waals surface area contributed by atoms with Gasteiger partial charge in [-0.1, -0.05) is 30.3 Å². The lowest BCUT2D eigenvalue weighted by Crippen LogP contribution is -1.97. The minimum absolute atomic E-state index is 0.0910. The van der Waals surface area contributed by atoms with Gasteiger partial charge in [-0.2, -0.15) is 5.26 Å². The number of rotatable bonds is 2. The van der Waals surface area contributed by atoms with Crippen molar-refractivity contribution in [2.75, 3.05) is 5.73 Å². The van der Waals surface area contributed by atoms with Crippen molar-refractivity contribution in [3.63, 3.8) is 0 Å². The summed E-state index contributed by atoms with van der Waals surface area (Å²) in [5, 5.41) is 21.8. The Labute approximate surface area is 142 Å². The number of phenolic OH excluding ortho intramolecular Hbond substituents is 1. The van der Waals surface area contributed by atoms with Gasteiger partial charge in [0.05, 0.1) is 0 Å². The van der Waals surface area contributed by atoms with Crippen molar-refractivity contribution in [3.8, 4) is 11.8 Å². The fraction of sp³-hybridized carbons (Fsp3) is 0.0500. The highest BCUT2D eigenvalue weighted by molar-refractivity contribution is 6.09. The van der Waals surface area contributed by atoms with Crippen molar-refractivity contribution < 1.29 is 13.9 Å². The zero-order valence-corrected chi connectivity index (χ0v) is 13.1. The molecule has 3 N–H and O–H groups in total. The fourth-order valence-corrected chi connectivity index (χ4v) is 3.10. The number of nitrogen functional groups attached to an aromatic ring is 1. The van der Waals surface area contributed by atoms with Crippen LogP contribution in [0.4, 0.5) is 10.1 Å². The van der Waals surface area contributed by atoms with E-state index in [0.717, 1.165) is 5.39 Å². The van der Waals surface area contributed by atoms with Gasteiger partial charge in [0.2, 0.25) is 0 Å². The van der Waals surface area contributed by atoms with Gasteiger partial charge in [0.1, 0.15) is 34.5 Å². The zero-order valence-electron chi connectivity index (χ0n) is 13.1. The lowest BCUT2D eigenvalue weighted by Gasteiger charge is -2.04. The highest BCUT2D eigenvalue weighted by atomic mass is 19.1. The molecule has 0 saturated heterocycles. The van der Waals surface area contributed by atoms with Gasteiger partial charge in [0.25, 0.3) is 0 Å². The van der Waals surface area contributed by atoms with Gasteiger partial charge in [-0.15, -0.1) is 0 Å². The summed E-state index contributed by atoms with van der Waals surface area (Å²) in [6.07, 6.45) is 0.263. The lowest BCUT2D eigenvalue weighted by molar-refractivity contribution is 0.482. The van der Waals surface area contributed by atoms with Gasteiger partial charge in [-0.25, -0.2) is 4.39 Å². The van der Waals surface area contributed by atoms with Crippen LogP contribution >= 0.6 is 0 Å². The molecule has 0 aliphatic rings. The predicted molar refractivity (Wildman–Crippen MR) is 93.7 cm³/mol. The smallest absolute Gasteiger partial charge is 0.143 e. The van der Waals surface area contributed by atoms with Gasteiger partial charge < -0.3 is 15.3 Å². The maximum absolute atomic E-state index is 13.2. The largest absolute Gasteiger partial charge is 0.507 e. The molecule has 5 heteroatoms. The Morgan fingerprint density at radius 2 is 1.84 bits per heavy atom. The fourth-order valence-electron chi connectivity index (χ4n) is 3.10. The first-order valence-electron chi connectivity index (χ1n) is 7.68. The average Bonchev–Trinajstić information content (AvgIpc) is 2.95. The van der Waals surface area contributed by atoms with E-state index in [1.54, 1.807) is 12.1 Å². The number of aromatic hydroxyl groups is 1. The molecule has 1 heterocycles. The molecule has 4 nitrogen and oxygen atoms in total. The third kappa shape index (κ3) is 2.36. The van der Waals surface area contributed by atoms with Crippen molar-refractivity contribution in [2.45, 2.75) is 6.42 Å². The van der Waals surface area contributed by atoms with Crippen LogP contribution < -0.4 is 5.73 Å². The molecule has 4 aromatic rings. The number of benzene rings is 3. The molecule has 0 fully saturated rings. The first-order valence-corrected chi connectivity index (χ1v) is 7.68. The molecule has 0 saturated carbocycles. The van der Waals surface area contributed by atoms with Crippen molar-refractivity contribution in [3.05, 3.63) is 71.2 Å². The number of nitrogens with two attached hydrogens (primary N) is 1. The van der Waals surface area contributed by atoms with Crippen LogP contribution in [0.25, 0.3) is 21.7 Å². The highest BCUT2D eigenvalue weighted by Gasteiger charge is 2.19. The Balaban J connectivity index is 1.95. The molecule has 4 rings (SSSR count). The maximum atomic E-state index is 13.2. The number of hydrogen-bond donors (Lipinski definition) is 2. The summed E-state index contributed by atoms with van der Waals surface area (Å²) >= 11 is 0. The molecule has 0 aliphatic heterocycles. The SMILES string of the molecule is N#Cc1c(Cc2ccc(F)cc2N)oc2c1cc(O)c1ccccc12. The maximum Gasteiger partial charge on any atom is 0.143 e. The standard InChI is InChI=1S/C20H13FN2O2/c21-12-6-5-11(17(23)8-12)7-19-16(10-22)15-9-18(24)13-3-1-2-4-14(13)20(15)25-19/h1-6,8-9,24H,7,23H2. The van der Waals surface area contributed by atoms with Crippen LogP contribution in [-0.4, -0.2) is 5.11 Å². The van der Waals surface area contributed by atoms with Crippen LogP contribution in [0.5, 0.6) is 5.75 Å². The molecule has 0 unspecified atom stereocenters. The average molecular weight is 332 g/mol. The monoisotopic (exact) mass is 332 g/mol. The summed E-state index contributed by atoms with van der Waals surface area (Å²) in [4.78, 5) is 0. The second-order valence-corrected chi connectivity index (χ2v) is 5.85. The molecule has 0 amide bonds. The van der Waals surface area contributed by atoms with Crippen LogP contribution in [0.1, 0.15) is 16.9 Å². The Morgan fingerprint density at radius 3 is 2.56 bits per heavy atom. The van der Waals surface area contributed by atoms with Crippen LogP contribution in [0, 0.1) is 17.1 Å². The summed E-state index contributed by atoms with van der Waals surface area (Å²) in [6.45, 7) is 0. The van der Waals surface area contributed by atoms with Gasteiger partial charge in [-0.05, 0) is 23.8 Å². The van der Waals surface area contributed by atoms with E-state index >= 15 is 0 Å². The Bertz CT molecular complexity index is 1170. The lowest BCUT2D eigenvalue weighted by atomic mass is 10.0. The third-order valence-electron chi connectivity index (χ3n) is 4.32. The van der Waals surface area contributed by atoms with Crippen molar-refractivity contribution in [1.82, 2.24) is 0 Å². The minimum Gasteiger partial charge on any atom is -0.507 e. The number of fused-ring (bicyclic) bond motifs is 3. The molecule has 0 radical (unpaired) electrons. The Kier molecular flexibility index (Phi) is 3.33. The molecule has 0 atom stereocenters. The normalized spacial score (nSPS) is 11.0. The van der Waals surface area contributed by atoms with Crippen LogP contribution in [0.3, 0.4) is 0 Å². The van der Waals surface area contributed by atoms with Crippen LogP contribution in [0.15, 0.2) is 52.9 Å². The van der Waals surface area contributed by atoms with Crippen molar-refractivity contribution in [2.24, 2.45) is 0 Å². The number of phenols is 1. The Morgan fingerprint density at radius 1 is 1.08 bits per heavy atom. The minimum atomic E-state index is -0.415. The van der Waals surface area contributed by atoms with Crippen molar-refractivity contribution in [1.29, 1.82) is 5.26 Å². The number of nitrogens with zero attached hydrogens (tertiary/aromatic N) is 1. The van der Waals surface area contributed by atoms with E-state index in [-0.39, 0.29) is 12.2 Å². The second kappa shape index (κ2) is 5.53. The van der Waals surface area contributed by atoms with Gasteiger partial charge >= 0.3 is 0 Å². The second-order valence-electron chi connectivity index (χ2n) is 5.85. The van der Waals surface area contributed by atoms with E-state index in [4.69, 9.17) is 10.2 Å². The van der Waals surface area contributed by atoms with E-state index in [1.807, 2.05) is 18.2 Å². The molecule has 122 valence electrons. The third-order valence-corrected chi connectivity index (χ3v) is 4.32. The van der Waals surface area contributed by atoms with Crippen molar-refractivity contribution >= 4 is 27.4 Å². The Hall–Kier alpha value is -3.52. The van der Waals surface area contributed by atoms with Gasteiger partial charge in [0.15, 0.2) is 0 Å². The van der Waals surface area contributed by atoms with Gasteiger partial charge in [0, 0.05) is 28.3 Å². The zero-order chi connectivity index (χ0) is 17.6. The van der Waals surface area contributed by atoms with E-state index in [1.165, 1.54) is 18.2 Å². The first kappa shape index (κ1) is 15.0. The molecule has 0 bridgehead atoms. The summed E-state index contributed by atoms with van der Waals surface area (Å²) < 4.78 is 19.2. The number of halogens is 1. The summed E-state index contributed by atoms with van der Waals surface area (Å²) in [5.41, 5.74) is 7.73. The summed E-state index contributed by atoms with van der Waals surface area (Å²) in [7, 11) is 0. The molecular formula is C20H13FN2O2. The van der Waals surface area contributed by atoms with E-state index in [2.05, 4.69) is 6.07 Å². The van der Waals surface area contributed by atoms with E-state index < -0.39 is 5.82 Å². The molecule has 3 aromatic carbocycles. The van der Waals surface area contributed by atoms with E-state index in [9.17, 15) is 14.8 Å². The van der Waals surface area contributed by atoms with E-state index in [0.29, 0.717) is 38.9 Å². The van der Waals surface area contributed by atoms with Crippen LogP contribution in [-0.2, 0) is 6.42 Å². The summed E-state index contributed by atoms with van der Waals surface area (Å²) in [5.74, 6) is 0.113. The molecule has 0 spiro atoms. The first-order chi connectivity index (χ1) is 12.1. The number of nitriles is 1. The highest BCUT2D eigenvalue weighted by Crippen LogP contribution is 2.37. The molecule has 1 aromatic heterocycles. The molecule has 0 aliphatic carbocycles. The number of anilines is 1. The number of furan rings is 1. The summed E-state index contributed by atoms with van der Waals surface area (Å²) in [6, 6.07) is 15.1. The quantitative estimate of drug-likeness (QED) is 0.530. The molecule has 25 heavy (non-hydrogen) atoms.